The summed E-state index contributed by atoms with van der Waals surface area (Å²) in [4.78, 5) is 31.0. The summed E-state index contributed by atoms with van der Waals surface area (Å²) < 4.78 is 20.0. The van der Waals surface area contributed by atoms with E-state index in [-0.39, 0.29) is 30.2 Å². The highest BCUT2D eigenvalue weighted by molar-refractivity contribution is 6.07. The minimum Gasteiger partial charge on any atom is -0.508 e. The highest BCUT2D eigenvalue weighted by Crippen LogP contribution is 2.43. The summed E-state index contributed by atoms with van der Waals surface area (Å²) in [6.07, 6.45) is 0.782. The maximum absolute atomic E-state index is 14.1. The lowest BCUT2D eigenvalue weighted by Crippen LogP contribution is -2.48. The number of hydrazone groups is 1. The Bertz CT molecular complexity index is 1210. The van der Waals surface area contributed by atoms with Crippen LogP contribution in [0, 0.1) is 11.7 Å². The van der Waals surface area contributed by atoms with Crippen LogP contribution in [0.15, 0.2) is 47.6 Å². The second kappa shape index (κ2) is 10.4. The van der Waals surface area contributed by atoms with Crippen LogP contribution < -0.4 is 4.74 Å². The molecule has 0 bridgehead atoms. The Labute approximate surface area is 215 Å². The predicted molar refractivity (Wildman–Crippen MR) is 136 cm³/mol. The number of benzene rings is 2. The number of phenolic OH excluding ortho intramolecular Hbond substituents is 1. The van der Waals surface area contributed by atoms with Crippen molar-refractivity contribution in [2.45, 2.75) is 19.4 Å². The summed E-state index contributed by atoms with van der Waals surface area (Å²) in [7, 11) is 1.75. The van der Waals surface area contributed by atoms with Crippen LogP contribution in [0.3, 0.4) is 0 Å². The Kier molecular flexibility index (Phi) is 7.01. The standard InChI is InChI=1S/C27H32FN5O4/c1-18(34)32-13-11-31(12-14-32)10-4-9-30(2)27(36)33-26(19-5-3-6-21(35)15-19)23-17-37-24-8-7-20(28)16-22(24)25(23)29-33/h3,5-8,15-16,23,26,35H,4,9-14,17H2,1-2H3/t23-,26-/m1/s1. The molecule has 3 heterocycles. The number of hydrogen-bond donors (Lipinski definition) is 1. The molecule has 1 saturated heterocycles. The van der Waals surface area contributed by atoms with Crippen LogP contribution >= 0.6 is 0 Å². The minimum absolute atomic E-state index is 0.0970. The number of halogens is 1. The quantitative estimate of drug-likeness (QED) is 0.670. The highest BCUT2D eigenvalue weighted by Gasteiger charge is 2.46. The lowest BCUT2D eigenvalue weighted by Gasteiger charge is -2.34. The van der Waals surface area contributed by atoms with Crippen LogP contribution in [0.2, 0.25) is 0 Å². The van der Waals surface area contributed by atoms with Crippen molar-refractivity contribution in [2.24, 2.45) is 11.0 Å². The van der Waals surface area contributed by atoms with Crippen molar-refractivity contribution in [1.82, 2.24) is 19.7 Å². The van der Waals surface area contributed by atoms with E-state index in [1.165, 1.54) is 17.1 Å². The van der Waals surface area contributed by atoms with Gasteiger partial charge in [-0.15, -0.1) is 0 Å². The van der Waals surface area contributed by atoms with Crippen molar-refractivity contribution in [3.8, 4) is 11.5 Å². The Balaban J connectivity index is 1.31. The molecule has 1 fully saturated rings. The first-order chi connectivity index (χ1) is 17.8. The van der Waals surface area contributed by atoms with Gasteiger partial charge in [0.2, 0.25) is 5.91 Å². The SMILES string of the molecule is CC(=O)N1CCN(CCCN(C)C(=O)N2N=C3c4cc(F)ccc4OC[C@H]3[C@H]2c2cccc(O)c2)CC1. The average Bonchev–Trinajstić information content (AvgIpc) is 3.28. The zero-order chi connectivity index (χ0) is 26.1. The molecular formula is C27H32FN5O4. The van der Waals surface area contributed by atoms with Crippen LogP contribution in [0.5, 0.6) is 11.5 Å². The van der Waals surface area contributed by atoms with Crippen molar-refractivity contribution < 1.29 is 23.8 Å². The predicted octanol–water partition coefficient (Wildman–Crippen LogP) is 2.91. The number of aromatic hydroxyl groups is 1. The summed E-state index contributed by atoms with van der Waals surface area (Å²) in [6, 6.07) is 10.4. The van der Waals surface area contributed by atoms with Crippen molar-refractivity contribution in [3.63, 3.8) is 0 Å². The van der Waals surface area contributed by atoms with Gasteiger partial charge in [0.15, 0.2) is 0 Å². The molecule has 3 amide bonds. The normalized spacial score (nSPS) is 21.1. The molecule has 9 nitrogen and oxygen atoms in total. The van der Waals surface area contributed by atoms with E-state index in [9.17, 15) is 19.1 Å². The van der Waals surface area contributed by atoms with E-state index in [1.54, 1.807) is 43.1 Å². The Hall–Kier alpha value is -3.66. The molecule has 0 aliphatic carbocycles. The number of hydrogen-bond acceptors (Lipinski definition) is 6. The number of piperazine rings is 1. The topological polar surface area (TPSA) is 88.9 Å². The highest BCUT2D eigenvalue weighted by atomic mass is 19.1. The van der Waals surface area contributed by atoms with Crippen molar-refractivity contribution in [3.05, 3.63) is 59.4 Å². The van der Waals surface area contributed by atoms with Gasteiger partial charge in [-0.25, -0.2) is 14.2 Å². The van der Waals surface area contributed by atoms with Crippen LogP contribution in [-0.4, -0.2) is 95.4 Å². The molecule has 2 aromatic carbocycles. The third kappa shape index (κ3) is 5.11. The number of ether oxygens (including phenoxy) is 1. The molecule has 0 radical (unpaired) electrons. The van der Waals surface area contributed by atoms with E-state index in [2.05, 4.69) is 4.90 Å². The first-order valence-corrected chi connectivity index (χ1v) is 12.6. The number of rotatable bonds is 5. The molecular weight excluding hydrogens is 477 g/mol. The monoisotopic (exact) mass is 509 g/mol. The Morgan fingerprint density at radius 1 is 1.16 bits per heavy atom. The summed E-state index contributed by atoms with van der Waals surface area (Å²) in [5, 5.41) is 16.3. The molecule has 2 atom stereocenters. The molecule has 37 heavy (non-hydrogen) atoms. The summed E-state index contributed by atoms with van der Waals surface area (Å²) in [5.41, 5.74) is 1.89. The van der Waals surface area contributed by atoms with E-state index < -0.39 is 11.9 Å². The van der Waals surface area contributed by atoms with E-state index in [4.69, 9.17) is 9.84 Å². The van der Waals surface area contributed by atoms with E-state index in [0.29, 0.717) is 23.6 Å². The van der Waals surface area contributed by atoms with Crippen LogP contribution in [0.1, 0.15) is 30.5 Å². The first-order valence-electron chi connectivity index (χ1n) is 12.6. The number of amides is 3. The maximum Gasteiger partial charge on any atom is 0.340 e. The molecule has 3 aliphatic heterocycles. The van der Waals surface area contributed by atoms with E-state index >= 15 is 0 Å². The smallest absolute Gasteiger partial charge is 0.340 e. The number of carbonyl (C=O) groups is 2. The summed E-state index contributed by atoms with van der Waals surface area (Å²) in [5.74, 6) is 0.0461. The molecule has 0 spiro atoms. The van der Waals surface area contributed by atoms with Gasteiger partial charge in [0, 0.05) is 52.3 Å². The largest absolute Gasteiger partial charge is 0.508 e. The van der Waals surface area contributed by atoms with Crippen molar-refractivity contribution in [2.75, 3.05) is 52.9 Å². The minimum atomic E-state index is -0.492. The molecule has 3 aliphatic rings. The van der Waals surface area contributed by atoms with Gasteiger partial charge in [-0.05, 0) is 48.9 Å². The van der Waals surface area contributed by atoms with Gasteiger partial charge in [0.25, 0.3) is 0 Å². The molecule has 0 unspecified atom stereocenters. The number of fused-ring (bicyclic) bond motifs is 3. The zero-order valence-electron chi connectivity index (χ0n) is 21.1. The van der Waals surface area contributed by atoms with Gasteiger partial charge in [0.1, 0.15) is 17.3 Å². The lowest BCUT2D eigenvalue weighted by atomic mass is 9.86. The third-order valence-corrected chi connectivity index (χ3v) is 7.37. The number of phenols is 1. The number of nitrogens with zero attached hydrogens (tertiary/aromatic N) is 5. The van der Waals surface area contributed by atoms with E-state index in [0.717, 1.165) is 44.7 Å². The number of urea groups is 1. The second-order valence-corrected chi connectivity index (χ2v) is 9.83. The number of carbonyl (C=O) groups excluding carboxylic acids is 2. The average molecular weight is 510 g/mol. The summed E-state index contributed by atoms with van der Waals surface area (Å²) in [6.45, 7) is 6.36. The second-order valence-electron chi connectivity index (χ2n) is 9.83. The molecule has 2 aromatic rings. The molecule has 196 valence electrons. The fraction of sp³-hybridized carbons (Fsp3) is 0.444. The van der Waals surface area contributed by atoms with Crippen LogP contribution in [0.25, 0.3) is 0 Å². The van der Waals surface area contributed by atoms with Gasteiger partial charge in [-0.2, -0.15) is 5.10 Å². The Morgan fingerprint density at radius 2 is 1.95 bits per heavy atom. The van der Waals surface area contributed by atoms with Gasteiger partial charge in [0.05, 0.1) is 24.3 Å². The molecule has 10 heteroatoms. The van der Waals surface area contributed by atoms with Gasteiger partial charge in [-0.1, -0.05) is 12.1 Å². The maximum atomic E-state index is 14.1. The van der Waals surface area contributed by atoms with Gasteiger partial charge in [-0.3, -0.25) is 9.69 Å². The molecule has 5 rings (SSSR count). The Morgan fingerprint density at radius 3 is 2.68 bits per heavy atom. The molecule has 0 aromatic heterocycles. The zero-order valence-corrected chi connectivity index (χ0v) is 21.1. The van der Waals surface area contributed by atoms with Crippen LogP contribution in [-0.2, 0) is 4.79 Å². The fourth-order valence-corrected chi connectivity index (χ4v) is 5.34. The molecule has 1 N–H and O–H groups in total. The van der Waals surface area contributed by atoms with Crippen LogP contribution in [0.4, 0.5) is 9.18 Å². The summed E-state index contributed by atoms with van der Waals surface area (Å²) >= 11 is 0. The lowest BCUT2D eigenvalue weighted by molar-refractivity contribution is -0.130. The fourth-order valence-electron chi connectivity index (χ4n) is 5.34. The van der Waals surface area contributed by atoms with E-state index in [1.807, 2.05) is 11.0 Å². The first kappa shape index (κ1) is 25.0. The molecule has 0 saturated carbocycles. The van der Waals surface area contributed by atoms with Crippen molar-refractivity contribution in [1.29, 1.82) is 0 Å². The van der Waals surface area contributed by atoms with Gasteiger partial charge >= 0.3 is 6.03 Å². The van der Waals surface area contributed by atoms with Gasteiger partial charge < -0.3 is 19.6 Å². The van der Waals surface area contributed by atoms with Crippen molar-refractivity contribution >= 4 is 17.6 Å². The third-order valence-electron chi connectivity index (χ3n) is 7.37.